The van der Waals surface area contributed by atoms with E-state index in [1.54, 1.807) is 11.0 Å². The van der Waals surface area contributed by atoms with Gasteiger partial charge in [0.2, 0.25) is 0 Å². The third-order valence-corrected chi connectivity index (χ3v) is 6.84. The van der Waals surface area contributed by atoms with E-state index in [2.05, 4.69) is 0 Å². The van der Waals surface area contributed by atoms with Gasteiger partial charge in [-0.05, 0) is 66.8 Å². The summed E-state index contributed by atoms with van der Waals surface area (Å²) < 4.78 is 11.6. The monoisotopic (exact) mass is 497 g/mol. The molecular formula is C31H31NO5. The zero-order valence-corrected chi connectivity index (χ0v) is 21.1. The van der Waals surface area contributed by atoms with Crippen molar-refractivity contribution in [3.05, 3.63) is 101 Å². The standard InChI is InChI=1S/C31H31NO5/c1-3-16-36-25-11-7-10-22(19-25)28-27(29(33)23-12-13-26-24(18-23)17-20(2)37-26)30(34)31(35)32(28)15-14-21-8-5-4-6-9-21/h4-13,18-20,28,33H,3,14-17H2,1-2H3/b29-27-. The zero-order chi connectivity index (χ0) is 25.9. The molecule has 2 unspecified atom stereocenters. The summed E-state index contributed by atoms with van der Waals surface area (Å²) in [4.78, 5) is 28.3. The van der Waals surface area contributed by atoms with Crippen molar-refractivity contribution in [3.63, 3.8) is 0 Å². The molecule has 0 bridgehead atoms. The van der Waals surface area contributed by atoms with Crippen LogP contribution in [-0.4, -0.2) is 41.0 Å². The molecule has 190 valence electrons. The van der Waals surface area contributed by atoms with Gasteiger partial charge in [-0.3, -0.25) is 9.59 Å². The summed E-state index contributed by atoms with van der Waals surface area (Å²) in [5.74, 6) is -0.0184. The molecule has 0 aliphatic carbocycles. The fraction of sp³-hybridized carbons (Fsp3) is 0.290. The lowest BCUT2D eigenvalue weighted by molar-refractivity contribution is -0.139. The number of likely N-dealkylation sites (tertiary alicyclic amines) is 1. The van der Waals surface area contributed by atoms with Gasteiger partial charge in [0.15, 0.2) is 0 Å². The lowest BCUT2D eigenvalue weighted by atomic mass is 9.94. The Balaban J connectivity index is 1.57. The second-order valence-corrected chi connectivity index (χ2v) is 9.60. The SMILES string of the molecule is CCCOc1cccc(C2/C(=C(/O)c3ccc4c(c3)CC(C)O4)C(=O)C(=O)N2CCc2ccccc2)c1. The van der Waals surface area contributed by atoms with E-state index in [0.29, 0.717) is 30.9 Å². The number of carbonyl (C=O) groups is 2. The first-order valence-corrected chi connectivity index (χ1v) is 12.8. The number of ketones is 1. The summed E-state index contributed by atoms with van der Waals surface area (Å²) in [6.45, 7) is 4.93. The van der Waals surface area contributed by atoms with E-state index in [-0.39, 0.29) is 17.4 Å². The summed E-state index contributed by atoms with van der Waals surface area (Å²) in [5, 5.41) is 11.5. The van der Waals surface area contributed by atoms with Gasteiger partial charge in [0, 0.05) is 18.5 Å². The fourth-order valence-corrected chi connectivity index (χ4v) is 5.07. The molecule has 37 heavy (non-hydrogen) atoms. The first-order valence-electron chi connectivity index (χ1n) is 12.8. The van der Waals surface area contributed by atoms with Crippen LogP contribution in [0.1, 0.15) is 48.6 Å². The smallest absolute Gasteiger partial charge is 0.295 e. The van der Waals surface area contributed by atoms with Crippen LogP contribution in [0.5, 0.6) is 11.5 Å². The highest BCUT2D eigenvalue weighted by molar-refractivity contribution is 6.46. The van der Waals surface area contributed by atoms with Gasteiger partial charge in [0.05, 0.1) is 18.2 Å². The van der Waals surface area contributed by atoms with Gasteiger partial charge in [-0.25, -0.2) is 0 Å². The maximum atomic E-state index is 13.4. The number of Topliss-reactive ketones (excluding diaryl/α,β-unsaturated/α-hetero) is 1. The summed E-state index contributed by atoms with van der Waals surface area (Å²) in [6.07, 6.45) is 2.23. The molecule has 1 fully saturated rings. The van der Waals surface area contributed by atoms with Crippen LogP contribution >= 0.6 is 0 Å². The van der Waals surface area contributed by atoms with Gasteiger partial charge in [-0.1, -0.05) is 49.4 Å². The third-order valence-electron chi connectivity index (χ3n) is 6.84. The van der Waals surface area contributed by atoms with Gasteiger partial charge >= 0.3 is 0 Å². The van der Waals surface area contributed by atoms with Crippen LogP contribution in [0.2, 0.25) is 0 Å². The Labute approximate surface area is 217 Å². The predicted octanol–water partition coefficient (Wildman–Crippen LogP) is 5.46. The number of benzene rings is 3. The van der Waals surface area contributed by atoms with Crippen molar-refractivity contribution in [2.45, 2.75) is 45.3 Å². The molecule has 2 aliphatic heterocycles. The predicted molar refractivity (Wildman–Crippen MR) is 142 cm³/mol. The molecule has 0 saturated carbocycles. The average Bonchev–Trinajstić information content (AvgIpc) is 3.41. The molecule has 3 aromatic rings. The van der Waals surface area contributed by atoms with Crippen molar-refractivity contribution in [2.24, 2.45) is 0 Å². The summed E-state index contributed by atoms with van der Waals surface area (Å²) in [5.41, 5.74) is 3.36. The minimum absolute atomic E-state index is 0.0572. The molecule has 0 spiro atoms. The van der Waals surface area contributed by atoms with E-state index in [0.717, 1.165) is 35.3 Å². The molecule has 2 heterocycles. The third kappa shape index (κ3) is 4.96. The van der Waals surface area contributed by atoms with Gasteiger partial charge in [0.1, 0.15) is 23.4 Å². The number of nitrogens with zero attached hydrogens (tertiary/aromatic N) is 1. The highest BCUT2D eigenvalue weighted by atomic mass is 16.5. The van der Waals surface area contributed by atoms with E-state index < -0.39 is 17.7 Å². The molecule has 0 aromatic heterocycles. The van der Waals surface area contributed by atoms with Crippen molar-refractivity contribution in [3.8, 4) is 11.5 Å². The molecule has 6 nitrogen and oxygen atoms in total. The van der Waals surface area contributed by atoms with E-state index in [1.165, 1.54) is 0 Å². The zero-order valence-electron chi connectivity index (χ0n) is 21.1. The average molecular weight is 498 g/mol. The number of hydrogen-bond donors (Lipinski definition) is 1. The molecule has 3 aromatic carbocycles. The fourth-order valence-electron chi connectivity index (χ4n) is 5.07. The molecule has 1 amide bonds. The Kier molecular flexibility index (Phi) is 6.99. The first kappa shape index (κ1) is 24.6. The molecule has 6 heteroatoms. The second-order valence-electron chi connectivity index (χ2n) is 9.60. The van der Waals surface area contributed by atoms with Gasteiger partial charge in [0.25, 0.3) is 11.7 Å². The molecule has 2 atom stereocenters. The molecular weight excluding hydrogens is 466 g/mol. The van der Waals surface area contributed by atoms with Crippen LogP contribution in [0, 0.1) is 0 Å². The number of ether oxygens (including phenoxy) is 2. The summed E-state index contributed by atoms with van der Waals surface area (Å²) in [7, 11) is 0. The highest BCUT2D eigenvalue weighted by Crippen LogP contribution is 2.41. The molecule has 5 rings (SSSR count). The number of carbonyl (C=O) groups excluding carboxylic acids is 2. The Morgan fingerprint density at radius 2 is 1.86 bits per heavy atom. The van der Waals surface area contributed by atoms with Crippen LogP contribution in [0.4, 0.5) is 0 Å². The van der Waals surface area contributed by atoms with Crippen molar-refractivity contribution >= 4 is 17.4 Å². The number of aliphatic hydroxyl groups excluding tert-OH is 1. The van der Waals surface area contributed by atoms with Crippen LogP contribution in [0.3, 0.4) is 0 Å². The van der Waals surface area contributed by atoms with Crippen LogP contribution in [0.25, 0.3) is 5.76 Å². The van der Waals surface area contributed by atoms with Crippen molar-refractivity contribution in [1.82, 2.24) is 4.90 Å². The van der Waals surface area contributed by atoms with E-state index in [1.807, 2.05) is 80.6 Å². The van der Waals surface area contributed by atoms with Gasteiger partial charge < -0.3 is 19.5 Å². The van der Waals surface area contributed by atoms with Crippen LogP contribution < -0.4 is 9.47 Å². The lowest BCUT2D eigenvalue weighted by Crippen LogP contribution is -2.31. The van der Waals surface area contributed by atoms with Crippen LogP contribution in [-0.2, 0) is 22.4 Å². The quantitative estimate of drug-likeness (QED) is 0.254. The normalized spacial score (nSPS) is 20.1. The highest BCUT2D eigenvalue weighted by Gasteiger charge is 2.46. The number of amides is 1. The second kappa shape index (κ2) is 10.5. The van der Waals surface area contributed by atoms with E-state index in [4.69, 9.17) is 9.47 Å². The number of fused-ring (bicyclic) bond motifs is 1. The molecule has 1 N–H and O–H groups in total. The maximum absolute atomic E-state index is 13.4. The number of aliphatic hydroxyl groups is 1. The minimum atomic E-state index is -0.725. The first-order chi connectivity index (χ1) is 18.0. The Hall–Kier alpha value is -4.06. The van der Waals surface area contributed by atoms with E-state index >= 15 is 0 Å². The minimum Gasteiger partial charge on any atom is -0.507 e. The Morgan fingerprint density at radius 1 is 1.05 bits per heavy atom. The van der Waals surface area contributed by atoms with Crippen LogP contribution in [0.15, 0.2) is 78.4 Å². The number of hydrogen-bond acceptors (Lipinski definition) is 5. The van der Waals surface area contributed by atoms with Crippen molar-refractivity contribution in [2.75, 3.05) is 13.2 Å². The van der Waals surface area contributed by atoms with E-state index in [9.17, 15) is 14.7 Å². The topological polar surface area (TPSA) is 76.1 Å². The molecule has 0 radical (unpaired) electrons. The Bertz CT molecular complexity index is 1350. The maximum Gasteiger partial charge on any atom is 0.295 e. The lowest BCUT2D eigenvalue weighted by Gasteiger charge is -2.26. The van der Waals surface area contributed by atoms with Gasteiger partial charge in [-0.2, -0.15) is 0 Å². The van der Waals surface area contributed by atoms with Crippen molar-refractivity contribution in [1.29, 1.82) is 0 Å². The Morgan fingerprint density at radius 3 is 2.65 bits per heavy atom. The molecule has 2 aliphatic rings. The summed E-state index contributed by atoms with van der Waals surface area (Å²) in [6, 6.07) is 22.0. The molecule has 1 saturated heterocycles. The largest absolute Gasteiger partial charge is 0.507 e. The van der Waals surface area contributed by atoms with Gasteiger partial charge in [-0.15, -0.1) is 0 Å². The number of rotatable bonds is 8. The summed E-state index contributed by atoms with van der Waals surface area (Å²) >= 11 is 0. The van der Waals surface area contributed by atoms with Crippen molar-refractivity contribution < 1.29 is 24.2 Å².